The number of nitrogens with one attached hydrogen (secondary N) is 1. The first-order valence-electron chi connectivity index (χ1n) is 5.66. The van der Waals surface area contributed by atoms with Crippen LogP contribution in [-0.4, -0.2) is 15.0 Å². The minimum Gasteiger partial charge on any atom is -0.363 e. The summed E-state index contributed by atoms with van der Waals surface area (Å²) in [5.41, 5.74) is 2.90. The van der Waals surface area contributed by atoms with Gasteiger partial charge in [0, 0.05) is 11.6 Å². The number of anilines is 1. The monoisotopic (exact) mass is 248 g/mol. The second-order valence-corrected chi connectivity index (χ2v) is 4.83. The van der Waals surface area contributed by atoms with Gasteiger partial charge in [-0.05, 0) is 20.3 Å². The minimum absolute atomic E-state index is 0.704. The van der Waals surface area contributed by atoms with Gasteiger partial charge < -0.3 is 5.32 Å². The number of rotatable bonds is 4. The van der Waals surface area contributed by atoms with Crippen LogP contribution in [0, 0.1) is 13.8 Å². The van der Waals surface area contributed by atoms with Crippen LogP contribution in [0.25, 0.3) is 0 Å². The van der Waals surface area contributed by atoms with E-state index in [0.717, 1.165) is 29.3 Å². The van der Waals surface area contributed by atoms with Gasteiger partial charge >= 0.3 is 0 Å². The fourth-order valence-electron chi connectivity index (χ4n) is 1.47. The van der Waals surface area contributed by atoms with E-state index in [1.54, 1.807) is 17.5 Å². The van der Waals surface area contributed by atoms with Crippen molar-refractivity contribution >= 4 is 17.2 Å². The van der Waals surface area contributed by atoms with Crippen LogP contribution >= 0.6 is 11.3 Å². The van der Waals surface area contributed by atoms with Crippen molar-refractivity contribution in [1.82, 2.24) is 15.0 Å². The summed E-state index contributed by atoms with van der Waals surface area (Å²) in [6.07, 6.45) is 2.77. The summed E-state index contributed by atoms with van der Waals surface area (Å²) < 4.78 is 0. The maximum atomic E-state index is 4.50. The van der Waals surface area contributed by atoms with Gasteiger partial charge in [-0.25, -0.2) is 9.97 Å². The highest BCUT2D eigenvalue weighted by atomic mass is 32.1. The molecule has 2 aromatic rings. The van der Waals surface area contributed by atoms with Crippen molar-refractivity contribution in [2.24, 2.45) is 0 Å². The van der Waals surface area contributed by atoms with Crippen molar-refractivity contribution in [1.29, 1.82) is 0 Å². The lowest BCUT2D eigenvalue weighted by Crippen LogP contribution is -2.05. The van der Waals surface area contributed by atoms with Crippen molar-refractivity contribution in [3.63, 3.8) is 0 Å². The lowest BCUT2D eigenvalue weighted by atomic mass is 10.4. The van der Waals surface area contributed by atoms with Crippen LogP contribution in [-0.2, 0) is 13.0 Å². The summed E-state index contributed by atoms with van der Waals surface area (Å²) in [5.74, 6) is 0.844. The third kappa shape index (κ3) is 3.00. The van der Waals surface area contributed by atoms with E-state index < -0.39 is 0 Å². The van der Waals surface area contributed by atoms with E-state index in [9.17, 15) is 0 Å². The molecular formula is C12H16N4S. The van der Waals surface area contributed by atoms with Crippen LogP contribution in [0.3, 0.4) is 0 Å². The lowest BCUT2D eigenvalue weighted by Gasteiger charge is -2.06. The average molecular weight is 248 g/mol. The van der Waals surface area contributed by atoms with Crippen molar-refractivity contribution in [3.8, 4) is 0 Å². The molecule has 90 valence electrons. The van der Waals surface area contributed by atoms with E-state index in [1.165, 1.54) is 5.01 Å². The number of nitrogens with zero attached hydrogens (tertiary/aromatic N) is 3. The summed E-state index contributed by atoms with van der Waals surface area (Å²) in [4.78, 5) is 13.2. The Hall–Kier alpha value is -1.49. The number of aromatic nitrogens is 3. The van der Waals surface area contributed by atoms with Gasteiger partial charge in [0.25, 0.3) is 0 Å². The van der Waals surface area contributed by atoms with E-state index >= 15 is 0 Å². The fourth-order valence-corrected chi connectivity index (χ4v) is 2.22. The van der Waals surface area contributed by atoms with Gasteiger partial charge in [-0.2, -0.15) is 0 Å². The molecule has 0 unspecified atom stereocenters. The van der Waals surface area contributed by atoms with Gasteiger partial charge in [-0.15, -0.1) is 11.3 Å². The molecule has 0 saturated heterocycles. The first-order chi connectivity index (χ1) is 8.19. The maximum absolute atomic E-state index is 4.50. The van der Waals surface area contributed by atoms with E-state index in [2.05, 4.69) is 32.6 Å². The predicted octanol–water partition coefficient (Wildman–Crippen LogP) is 2.72. The first-order valence-corrected chi connectivity index (χ1v) is 6.54. The van der Waals surface area contributed by atoms with Gasteiger partial charge in [-0.1, -0.05) is 6.92 Å². The van der Waals surface area contributed by atoms with Gasteiger partial charge in [0.05, 0.1) is 28.6 Å². The fraction of sp³-hybridized carbons (Fsp3) is 0.417. The molecule has 0 amide bonds. The molecule has 0 aliphatic carbocycles. The normalized spacial score (nSPS) is 10.5. The molecular weight excluding hydrogens is 232 g/mol. The smallest absolute Gasteiger partial charge is 0.148 e. The Kier molecular flexibility index (Phi) is 3.68. The highest BCUT2D eigenvalue weighted by Crippen LogP contribution is 2.13. The van der Waals surface area contributed by atoms with Crippen LogP contribution < -0.4 is 5.32 Å². The molecule has 2 aromatic heterocycles. The molecule has 1 N–H and O–H groups in total. The van der Waals surface area contributed by atoms with E-state index in [1.807, 2.05) is 13.8 Å². The third-order valence-corrected chi connectivity index (χ3v) is 3.46. The Morgan fingerprint density at radius 3 is 2.82 bits per heavy atom. The van der Waals surface area contributed by atoms with Crippen LogP contribution in [0.2, 0.25) is 0 Å². The number of hydrogen-bond acceptors (Lipinski definition) is 5. The van der Waals surface area contributed by atoms with Crippen LogP contribution in [0.5, 0.6) is 0 Å². The van der Waals surface area contributed by atoms with Gasteiger partial charge in [0.2, 0.25) is 0 Å². The Morgan fingerprint density at radius 1 is 1.29 bits per heavy atom. The maximum Gasteiger partial charge on any atom is 0.148 e. The second kappa shape index (κ2) is 5.23. The standard InChI is InChI=1S/C12H16N4S/c1-4-11-16-10(7-17-11)6-14-12-9(3)13-5-8(2)15-12/h5,7H,4,6H2,1-3H3,(H,14,15). The topological polar surface area (TPSA) is 50.7 Å². The zero-order chi connectivity index (χ0) is 12.3. The molecule has 0 atom stereocenters. The van der Waals surface area contributed by atoms with Gasteiger partial charge in [0.1, 0.15) is 5.82 Å². The molecule has 0 radical (unpaired) electrons. The summed E-state index contributed by atoms with van der Waals surface area (Å²) in [7, 11) is 0. The molecule has 2 heterocycles. The van der Waals surface area contributed by atoms with Gasteiger partial charge in [-0.3, -0.25) is 4.98 Å². The molecule has 0 saturated carbocycles. The van der Waals surface area contributed by atoms with E-state index in [-0.39, 0.29) is 0 Å². The van der Waals surface area contributed by atoms with Crippen LogP contribution in [0.1, 0.15) is 29.0 Å². The lowest BCUT2D eigenvalue weighted by molar-refractivity contribution is 0.977. The summed E-state index contributed by atoms with van der Waals surface area (Å²) >= 11 is 1.70. The minimum atomic E-state index is 0.704. The van der Waals surface area contributed by atoms with Crippen LogP contribution in [0.4, 0.5) is 5.82 Å². The molecule has 0 spiro atoms. The predicted molar refractivity (Wildman–Crippen MR) is 70.3 cm³/mol. The molecule has 2 rings (SSSR count). The quantitative estimate of drug-likeness (QED) is 0.904. The zero-order valence-corrected chi connectivity index (χ0v) is 11.1. The van der Waals surface area contributed by atoms with E-state index in [0.29, 0.717) is 6.54 Å². The highest BCUT2D eigenvalue weighted by Gasteiger charge is 2.04. The van der Waals surface area contributed by atoms with E-state index in [4.69, 9.17) is 0 Å². The molecule has 17 heavy (non-hydrogen) atoms. The Balaban J connectivity index is 2.04. The molecule has 0 aliphatic rings. The number of thiazole rings is 1. The van der Waals surface area contributed by atoms with Gasteiger partial charge in [0.15, 0.2) is 0 Å². The molecule has 0 bridgehead atoms. The van der Waals surface area contributed by atoms with Crippen LogP contribution in [0.15, 0.2) is 11.6 Å². The highest BCUT2D eigenvalue weighted by molar-refractivity contribution is 7.09. The number of hydrogen-bond donors (Lipinski definition) is 1. The first kappa shape index (κ1) is 12.0. The average Bonchev–Trinajstić information content (AvgIpc) is 2.78. The molecule has 4 nitrogen and oxygen atoms in total. The Labute approximate surface area is 105 Å². The van der Waals surface area contributed by atoms with Crippen molar-refractivity contribution in [2.75, 3.05) is 5.32 Å². The Morgan fingerprint density at radius 2 is 2.12 bits per heavy atom. The molecule has 0 fully saturated rings. The summed E-state index contributed by atoms with van der Waals surface area (Å²) in [6.45, 7) is 6.71. The summed E-state index contributed by atoms with van der Waals surface area (Å²) in [6, 6.07) is 0. The van der Waals surface area contributed by atoms with Crippen molar-refractivity contribution in [3.05, 3.63) is 33.7 Å². The molecule has 0 aliphatic heterocycles. The molecule has 0 aromatic carbocycles. The molecule has 5 heteroatoms. The third-order valence-electron chi connectivity index (χ3n) is 2.41. The second-order valence-electron chi connectivity index (χ2n) is 3.89. The summed E-state index contributed by atoms with van der Waals surface area (Å²) in [5, 5.41) is 6.54. The zero-order valence-electron chi connectivity index (χ0n) is 10.3. The van der Waals surface area contributed by atoms with Crippen molar-refractivity contribution in [2.45, 2.75) is 33.7 Å². The number of aryl methyl sites for hydroxylation is 3. The SMILES string of the molecule is CCc1nc(CNc2nc(C)cnc2C)cs1. The largest absolute Gasteiger partial charge is 0.363 e. The van der Waals surface area contributed by atoms with Crippen molar-refractivity contribution < 1.29 is 0 Å². The Bertz CT molecular complexity index is 507.